The number of likely N-dealkylation sites (tertiary alicyclic amines) is 1. The van der Waals surface area contributed by atoms with E-state index in [0.29, 0.717) is 38.0 Å². The molecule has 0 aliphatic carbocycles. The van der Waals surface area contributed by atoms with E-state index in [1.165, 1.54) is 24.3 Å². The van der Waals surface area contributed by atoms with Crippen molar-refractivity contribution < 1.29 is 28.3 Å². The fraction of sp³-hybridized carbons (Fsp3) is 0.448. The third-order valence-electron chi connectivity index (χ3n) is 6.31. The van der Waals surface area contributed by atoms with Crippen LogP contribution in [-0.4, -0.2) is 59.5 Å². The summed E-state index contributed by atoms with van der Waals surface area (Å²) in [4.78, 5) is 52.8. The number of amides is 4. The predicted molar refractivity (Wildman–Crippen MR) is 145 cm³/mol. The van der Waals surface area contributed by atoms with E-state index in [1.54, 1.807) is 32.6 Å². The molecule has 0 saturated carbocycles. The lowest BCUT2D eigenvalue weighted by Crippen LogP contribution is -2.53. The first-order valence-electron chi connectivity index (χ1n) is 13.1. The van der Waals surface area contributed by atoms with Gasteiger partial charge in [-0.15, -0.1) is 0 Å². The second-order valence-electron chi connectivity index (χ2n) is 10.7. The summed E-state index contributed by atoms with van der Waals surface area (Å²) in [5, 5.41) is 8.09. The highest BCUT2D eigenvalue weighted by Gasteiger charge is 2.33. The number of anilines is 1. The summed E-state index contributed by atoms with van der Waals surface area (Å²) in [6, 6.07) is 13.1. The highest BCUT2D eigenvalue weighted by molar-refractivity contribution is 5.97. The minimum Gasteiger partial charge on any atom is -0.444 e. The summed E-state index contributed by atoms with van der Waals surface area (Å²) < 4.78 is 18.4. The zero-order valence-electron chi connectivity index (χ0n) is 22.8. The third kappa shape index (κ3) is 9.38. The molecule has 2 unspecified atom stereocenters. The van der Waals surface area contributed by atoms with Crippen molar-refractivity contribution in [1.82, 2.24) is 15.5 Å². The van der Waals surface area contributed by atoms with Crippen LogP contribution in [0.1, 0.15) is 46.1 Å². The Morgan fingerprint density at radius 1 is 0.974 bits per heavy atom. The first kappa shape index (κ1) is 29.6. The molecule has 2 aromatic rings. The lowest BCUT2D eigenvalue weighted by molar-refractivity contribution is -0.137. The summed E-state index contributed by atoms with van der Waals surface area (Å²) >= 11 is 0. The molecule has 1 saturated heterocycles. The first-order chi connectivity index (χ1) is 18.4. The van der Waals surface area contributed by atoms with Crippen LogP contribution >= 0.6 is 0 Å². The van der Waals surface area contributed by atoms with Crippen LogP contribution in [-0.2, 0) is 25.5 Å². The monoisotopic (exact) mass is 540 g/mol. The maximum absolute atomic E-state index is 13.4. The van der Waals surface area contributed by atoms with Crippen LogP contribution in [0.5, 0.6) is 0 Å². The van der Waals surface area contributed by atoms with Gasteiger partial charge < -0.3 is 25.6 Å². The van der Waals surface area contributed by atoms with Gasteiger partial charge in [0.2, 0.25) is 17.7 Å². The average Bonchev–Trinajstić information content (AvgIpc) is 2.88. The van der Waals surface area contributed by atoms with Gasteiger partial charge >= 0.3 is 6.09 Å². The molecule has 0 spiro atoms. The molecule has 1 aliphatic heterocycles. The molecule has 2 aromatic carbocycles. The Morgan fingerprint density at radius 2 is 1.59 bits per heavy atom. The van der Waals surface area contributed by atoms with E-state index >= 15 is 0 Å². The minimum atomic E-state index is -0.817. The molecule has 1 aliphatic rings. The van der Waals surface area contributed by atoms with Gasteiger partial charge in [0, 0.05) is 31.1 Å². The second-order valence-corrected chi connectivity index (χ2v) is 10.7. The maximum Gasteiger partial charge on any atom is 0.408 e. The minimum absolute atomic E-state index is 0.240. The normalized spacial score (nSPS) is 15.6. The molecule has 2 atom stereocenters. The number of halogens is 1. The molecular formula is C29H37FN4O5. The van der Waals surface area contributed by atoms with Crippen LogP contribution in [0.4, 0.5) is 14.9 Å². The number of benzene rings is 2. The number of carbonyl (C=O) groups excluding carboxylic acids is 4. The number of ether oxygens (including phenoxy) is 1. The number of nitrogens with zero attached hydrogens (tertiary/aromatic N) is 1. The average molecular weight is 541 g/mol. The van der Waals surface area contributed by atoms with E-state index in [0.717, 1.165) is 5.56 Å². The van der Waals surface area contributed by atoms with Crippen LogP contribution < -0.4 is 16.0 Å². The number of piperidine rings is 1. The van der Waals surface area contributed by atoms with Gasteiger partial charge in [0.25, 0.3) is 0 Å². The standard InChI is InChI=1S/C29H37FN4O5/c1-19(25(35)32-23-12-10-22(30)11-13-23)31-26(36)21-14-16-34(17-15-21)27(37)24(18-20-8-6-5-7-9-20)33-28(38)39-29(2,3)4/h5-13,19,21,24H,14-18H2,1-4H3,(H,31,36)(H,32,35)(H,33,38). The van der Waals surface area contributed by atoms with Gasteiger partial charge in [-0.3, -0.25) is 14.4 Å². The topological polar surface area (TPSA) is 117 Å². The fourth-order valence-electron chi connectivity index (χ4n) is 4.26. The van der Waals surface area contributed by atoms with Crippen molar-refractivity contribution in [2.45, 2.75) is 64.6 Å². The van der Waals surface area contributed by atoms with E-state index in [-0.39, 0.29) is 17.7 Å². The first-order valence-corrected chi connectivity index (χ1v) is 13.1. The van der Waals surface area contributed by atoms with Crippen molar-refractivity contribution in [3.63, 3.8) is 0 Å². The molecule has 1 heterocycles. The molecule has 0 aromatic heterocycles. The van der Waals surface area contributed by atoms with Gasteiger partial charge in [-0.05, 0) is 70.4 Å². The number of hydrogen-bond donors (Lipinski definition) is 3. The van der Waals surface area contributed by atoms with Crippen molar-refractivity contribution in [2.75, 3.05) is 18.4 Å². The molecule has 0 radical (unpaired) electrons. The van der Waals surface area contributed by atoms with Crippen LogP contribution in [0.15, 0.2) is 54.6 Å². The summed E-state index contributed by atoms with van der Waals surface area (Å²) in [5.74, 6) is -1.69. The quantitative estimate of drug-likeness (QED) is 0.473. The molecule has 210 valence electrons. The Morgan fingerprint density at radius 3 is 2.18 bits per heavy atom. The summed E-state index contributed by atoms with van der Waals surface area (Å²) in [7, 11) is 0. The molecular weight excluding hydrogens is 503 g/mol. The highest BCUT2D eigenvalue weighted by atomic mass is 19.1. The van der Waals surface area contributed by atoms with E-state index in [2.05, 4.69) is 16.0 Å². The largest absolute Gasteiger partial charge is 0.444 e. The molecule has 9 nitrogen and oxygen atoms in total. The smallest absolute Gasteiger partial charge is 0.408 e. The number of alkyl carbamates (subject to hydrolysis) is 1. The Bertz CT molecular complexity index is 1140. The van der Waals surface area contributed by atoms with Crippen LogP contribution in [0.2, 0.25) is 0 Å². The Hall–Kier alpha value is -3.95. The van der Waals surface area contributed by atoms with Crippen molar-refractivity contribution in [2.24, 2.45) is 5.92 Å². The molecule has 1 fully saturated rings. The zero-order chi connectivity index (χ0) is 28.6. The SMILES string of the molecule is CC(NC(=O)C1CCN(C(=O)C(Cc2ccccc2)NC(=O)OC(C)(C)C)CC1)C(=O)Nc1ccc(F)cc1. The second kappa shape index (κ2) is 13.2. The van der Waals surface area contributed by atoms with Gasteiger partial charge in [-0.2, -0.15) is 0 Å². The Kier molecular flexibility index (Phi) is 10.0. The van der Waals surface area contributed by atoms with Gasteiger partial charge in [0.1, 0.15) is 23.5 Å². The van der Waals surface area contributed by atoms with E-state index in [1.807, 2.05) is 30.3 Å². The third-order valence-corrected chi connectivity index (χ3v) is 6.31. The zero-order valence-corrected chi connectivity index (χ0v) is 22.8. The fourth-order valence-corrected chi connectivity index (χ4v) is 4.26. The Balaban J connectivity index is 1.54. The predicted octanol–water partition coefficient (Wildman–Crippen LogP) is 3.64. The van der Waals surface area contributed by atoms with Crippen LogP contribution in [0.25, 0.3) is 0 Å². The molecule has 0 bridgehead atoms. The van der Waals surface area contributed by atoms with Crippen molar-refractivity contribution in [3.8, 4) is 0 Å². The lowest BCUT2D eigenvalue weighted by Gasteiger charge is -2.34. The molecule has 3 N–H and O–H groups in total. The summed E-state index contributed by atoms with van der Waals surface area (Å²) in [6.45, 7) is 7.52. The van der Waals surface area contributed by atoms with Crippen LogP contribution in [0.3, 0.4) is 0 Å². The van der Waals surface area contributed by atoms with Crippen molar-refractivity contribution in [1.29, 1.82) is 0 Å². The molecule has 4 amide bonds. The molecule has 39 heavy (non-hydrogen) atoms. The van der Waals surface area contributed by atoms with Gasteiger partial charge in [-0.1, -0.05) is 30.3 Å². The number of hydrogen-bond acceptors (Lipinski definition) is 5. The number of rotatable bonds is 8. The van der Waals surface area contributed by atoms with Gasteiger partial charge in [0.15, 0.2) is 0 Å². The maximum atomic E-state index is 13.4. The van der Waals surface area contributed by atoms with Gasteiger partial charge in [0.05, 0.1) is 0 Å². The van der Waals surface area contributed by atoms with E-state index < -0.39 is 35.5 Å². The van der Waals surface area contributed by atoms with Gasteiger partial charge in [-0.25, -0.2) is 9.18 Å². The van der Waals surface area contributed by atoms with Crippen molar-refractivity contribution >= 4 is 29.5 Å². The lowest BCUT2D eigenvalue weighted by atomic mass is 9.94. The molecule has 3 rings (SSSR count). The highest BCUT2D eigenvalue weighted by Crippen LogP contribution is 2.20. The van der Waals surface area contributed by atoms with Crippen molar-refractivity contribution in [3.05, 3.63) is 66.0 Å². The molecule has 10 heteroatoms. The van der Waals surface area contributed by atoms with E-state index in [9.17, 15) is 23.6 Å². The Labute approximate surface area is 228 Å². The number of nitrogens with one attached hydrogen (secondary N) is 3. The van der Waals surface area contributed by atoms with Crippen LogP contribution in [0, 0.1) is 11.7 Å². The number of carbonyl (C=O) groups is 4. The van der Waals surface area contributed by atoms with E-state index in [4.69, 9.17) is 4.74 Å². The summed E-state index contributed by atoms with van der Waals surface area (Å²) in [6.07, 6.45) is 0.488. The summed E-state index contributed by atoms with van der Waals surface area (Å²) in [5.41, 5.74) is 0.622.